The number of carboxylic acid groups (broad SMARTS) is 1. The van der Waals surface area contributed by atoms with Crippen LogP contribution < -0.4 is 5.32 Å². The highest BCUT2D eigenvalue weighted by atomic mass is 35.5. The van der Waals surface area contributed by atoms with Crippen LogP contribution in [0.4, 0.5) is 19.0 Å². The molecule has 2 N–H and O–H groups in total. The number of hydrogen-bond donors (Lipinski definition) is 2. The second-order valence-electron chi connectivity index (χ2n) is 10.1. The number of aromatic nitrogens is 4. The normalized spacial score (nSPS) is 16.6. The number of anilines is 1. The zero-order valence-corrected chi connectivity index (χ0v) is 21.1. The molecule has 4 aromatic rings. The Bertz CT molecular complexity index is 1590. The van der Waals surface area contributed by atoms with E-state index in [2.05, 4.69) is 15.3 Å². The van der Waals surface area contributed by atoms with Crippen LogP contribution in [0.25, 0.3) is 22.6 Å². The summed E-state index contributed by atoms with van der Waals surface area (Å²) in [6.45, 7) is 2.06. The third-order valence-electron chi connectivity index (χ3n) is 7.26. The average Bonchev–Trinajstić information content (AvgIpc) is 3.76. The van der Waals surface area contributed by atoms with E-state index in [0.717, 1.165) is 42.9 Å². The predicted octanol–water partition coefficient (Wildman–Crippen LogP) is 6.57. The lowest BCUT2D eigenvalue weighted by atomic mass is 10.1. The van der Waals surface area contributed by atoms with E-state index in [1.807, 2.05) is 35.8 Å². The van der Waals surface area contributed by atoms with Crippen molar-refractivity contribution in [3.05, 3.63) is 70.0 Å². The van der Waals surface area contributed by atoms with E-state index in [1.54, 1.807) is 0 Å². The number of aromatic carboxylic acids is 1. The highest BCUT2D eigenvalue weighted by Gasteiger charge is 2.54. The van der Waals surface area contributed by atoms with E-state index in [0.29, 0.717) is 28.6 Å². The lowest BCUT2D eigenvalue weighted by molar-refractivity contribution is -0.137. The van der Waals surface area contributed by atoms with Gasteiger partial charge in [-0.15, -0.1) is 0 Å². The van der Waals surface area contributed by atoms with E-state index >= 15 is 0 Å². The summed E-state index contributed by atoms with van der Waals surface area (Å²) >= 11 is 6.03. The molecule has 0 unspecified atom stereocenters. The van der Waals surface area contributed by atoms with E-state index in [4.69, 9.17) is 16.6 Å². The van der Waals surface area contributed by atoms with Gasteiger partial charge in [0.15, 0.2) is 11.5 Å². The van der Waals surface area contributed by atoms with Crippen LogP contribution in [0.5, 0.6) is 0 Å². The fourth-order valence-electron chi connectivity index (χ4n) is 5.09. The lowest BCUT2D eigenvalue weighted by Gasteiger charge is -2.19. The highest BCUT2D eigenvalue weighted by Crippen LogP contribution is 2.55. The molecule has 196 valence electrons. The Morgan fingerprint density at radius 3 is 2.53 bits per heavy atom. The number of nitrogens with one attached hydrogen (secondary N) is 1. The molecule has 11 heteroatoms. The Morgan fingerprint density at radius 1 is 1.16 bits per heavy atom. The van der Waals surface area contributed by atoms with Gasteiger partial charge in [0.2, 0.25) is 5.82 Å². The molecule has 2 saturated carbocycles. The molecule has 0 aliphatic heterocycles. The Hall–Kier alpha value is -3.66. The third kappa shape index (κ3) is 4.47. The molecule has 0 bridgehead atoms. The van der Waals surface area contributed by atoms with Crippen molar-refractivity contribution in [1.82, 2.24) is 19.5 Å². The van der Waals surface area contributed by atoms with Crippen molar-refractivity contribution in [3.8, 4) is 11.4 Å². The van der Waals surface area contributed by atoms with Crippen LogP contribution in [0.3, 0.4) is 0 Å². The summed E-state index contributed by atoms with van der Waals surface area (Å²) in [6.07, 6.45) is -0.447. The second kappa shape index (κ2) is 8.69. The molecule has 7 nitrogen and oxygen atoms in total. The van der Waals surface area contributed by atoms with Gasteiger partial charge in [0.05, 0.1) is 10.6 Å². The maximum Gasteiger partial charge on any atom is 0.417 e. The minimum Gasteiger partial charge on any atom is -0.475 e. The number of aryl methyl sites for hydroxylation is 1. The summed E-state index contributed by atoms with van der Waals surface area (Å²) in [6, 6.07) is 11.3. The van der Waals surface area contributed by atoms with Crippen molar-refractivity contribution in [2.75, 3.05) is 5.32 Å². The van der Waals surface area contributed by atoms with E-state index in [1.165, 1.54) is 12.1 Å². The zero-order chi connectivity index (χ0) is 26.8. The third-order valence-corrected chi connectivity index (χ3v) is 7.58. The van der Waals surface area contributed by atoms with E-state index in [-0.39, 0.29) is 23.6 Å². The molecule has 2 heterocycles. The van der Waals surface area contributed by atoms with Crippen LogP contribution in [-0.4, -0.2) is 36.1 Å². The van der Waals surface area contributed by atoms with Gasteiger partial charge >= 0.3 is 12.1 Å². The van der Waals surface area contributed by atoms with E-state index in [9.17, 15) is 23.1 Å². The van der Waals surface area contributed by atoms with Crippen LogP contribution in [-0.2, 0) is 12.7 Å². The van der Waals surface area contributed by atoms with Gasteiger partial charge in [-0.2, -0.15) is 13.2 Å². The van der Waals surface area contributed by atoms with Crippen LogP contribution >= 0.6 is 11.6 Å². The molecule has 6 rings (SSSR count). The molecule has 0 atom stereocenters. The number of fused-ring (bicyclic) bond motifs is 1. The van der Waals surface area contributed by atoms with Gasteiger partial charge in [-0.25, -0.2) is 19.7 Å². The van der Waals surface area contributed by atoms with Gasteiger partial charge in [-0.05, 0) is 62.3 Å². The molecular weight excluding hydrogens is 519 g/mol. The summed E-state index contributed by atoms with van der Waals surface area (Å²) in [5.74, 6) is -0.281. The minimum absolute atomic E-state index is 0.124. The predicted molar refractivity (Wildman–Crippen MR) is 136 cm³/mol. The highest BCUT2D eigenvalue weighted by molar-refractivity contribution is 6.31. The first kappa shape index (κ1) is 24.7. The average molecular weight is 542 g/mol. The topological polar surface area (TPSA) is 92.9 Å². The van der Waals surface area contributed by atoms with Crippen molar-refractivity contribution >= 4 is 34.6 Å². The minimum atomic E-state index is -4.57. The van der Waals surface area contributed by atoms with Gasteiger partial charge in [-0.1, -0.05) is 41.4 Å². The SMILES string of the molecule is Cc1cccc(-c2nc3nc(C(=O)O)nc(NC4(C5CC5)CC4)c3n2Cc2ccc(C(F)(F)F)c(Cl)c2)c1. The van der Waals surface area contributed by atoms with Crippen molar-refractivity contribution in [3.63, 3.8) is 0 Å². The molecule has 38 heavy (non-hydrogen) atoms. The van der Waals surface area contributed by atoms with Crippen molar-refractivity contribution < 1.29 is 23.1 Å². The number of halogens is 4. The first-order chi connectivity index (χ1) is 18.0. The summed E-state index contributed by atoms with van der Waals surface area (Å²) in [5.41, 5.74) is 1.91. The molecule has 2 aliphatic carbocycles. The van der Waals surface area contributed by atoms with Crippen molar-refractivity contribution in [2.24, 2.45) is 5.92 Å². The molecule has 0 spiro atoms. The smallest absolute Gasteiger partial charge is 0.417 e. The van der Waals surface area contributed by atoms with Crippen molar-refractivity contribution in [2.45, 2.75) is 50.9 Å². The Kier molecular flexibility index (Phi) is 5.64. The quantitative estimate of drug-likeness (QED) is 0.275. The standard InChI is InChI=1S/C27H23ClF3N5O2/c1-14-3-2-4-16(11-14)24-34-21-20(36(24)13-15-5-8-18(19(28)12-15)27(29,30)31)22(33-23(32-21)25(37)38)35-26(9-10-26)17-6-7-17/h2-5,8,11-12,17H,6-7,9-10,13H2,1H3,(H,37,38)(H,32,33,35). The van der Waals surface area contributed by atoms with Gasteiger partial charge in [0.1, 0.15) is 11.3 Å². The maximum absolute atomic E-state index is 13.3. The zero-order valence-electron chi connectivity index (χ0n) is 20.3. The first-order valence-corrected chi connectivity index (χ1v) is 12.6. The first-order valence-electron chi connectivity index (χ1n) is 12.3. The summed E-state index contributed by atoms with van der Waals surface area (Å²) < 4.78 is 41.7. The number of rotatable bonds is 7. The Balaban J connectivity index is 1.54. The van der Waals surface area contributed by atoms with Gasteiger partial charge in [0, 0.05) is 17.6 Å². The molecule has 0 amide bonds. The lowest BCUT2D eigenvalue weighted by Crippen LogP contribution is -2.25. The fraction of sp³-hybridized carbons (Fsp3) is 0.333. The van der Waals surface area contributed by atoms with Gasteiger partial charge < -0.3 is 15.0 Å². The van der Waals surface area contributed by atoms with Crippen LogP contribution in [0.2, 0.25) is 5.02 Å². The number of nitrogens with zero attached hydrogens (tertiary/aromatic N) is 4. The number of alkyl halides is 3. The van der Waals surface area contributed by atoms with Crippen LogP contribution in [0.15, 0.2) is 42.5 Å². The molecule has 0 radical (unpaired) electrons. The Labute approximate surface area is 220 Å². The number of carboxylic acids is 1. The monoisotopic (exact) mass is 541 g/mol. The number of imidazole rings is 1. The van der Waals surface area contributed by atoms with Gasteiger partial charge in [0.25, 0.3) is 0 Å². The summed E-state index contributed by atoms with van der Waals surface area (Å²) in [4.78, 5) is 25.2. The summed E-state index contributed by atoms with van der Waals surface area (Å²) in [5, 5.41) is 12.8. The number of hydrogen-bond acceptors (Lipinski definition) is 5. The Morgan fingerprint density at radius 2 is 1.92 bits per heavy atom. The van der Waals surface area contributed by atoms with Gasteiger partial charge in [-0.3, -0.25) is 0 Å². The second-order valence-corrected chi connectivity index (χ2v) is 10.5. The maximum atomic E-state index is 13.3. The molecule has 0 saturated heterocycles. The number of carbonyl (C=O) groups is 1. The van der Waals surface area contributed by atoms with Crippen molar-refractivity contribution in [1.29, 1.82) is 0 Å². The molecule has 2 aliphatic rings. The fourth-order valence-corrected chi connectivity index (χ4v) is 5.40. The molecule has 2 aromatic heterocycles. The van der Waals surface area contributed by atoms with E-state index < -0.39 is 22.7 Å². The summed E-state index contributed by atoms with van der Waals surface area (Å²) in [7, 11) is 0. The number of benzene rings is 2. The van der Waals surface area contributed by atoms with Crippen LogP contribution in [0.1, 0.15) is 53.0 Å². The molecular formula is C27H23ClF3N5O2. The largest absolute Gasteiger partial charge is 0.475 e. The van der Waals surface area contributed by atoms with Crippen LogP contribution in [0, 0.1) is 12.8 Å². The molecule has 2 fully saturated rings. The molecule has 2 aromatic carbocycles.